The Bertz CT molecular complexity index is 790. The predicted molar refractivity (Wildman–Crippen MR) is 123 cm³/mol. The second-order valence-electron chi connectivity index (χ2n) is 8.79. The highest BCUT2D eigenvalue weighted by Gasteiger charge is 2.56. The van der Waals surface area contributed by atoms with E-state index in [9.17, 15) is 24.6 Å². The number of aliphatic hydroxyl groups excluding tert-OH is 1. The molecular weight excluding hydrogens is 426 g/mol. The number of carbonyl (C=O) groups excluding carboxylic acids is 2. The number of rotatable bonds is 12. The smallest absolute Gasteiger partial charge is 0.466 e. The number of benzene rings is 1. The summed E-state index contributed by atoms with van der Waals surface area (Å²) in [6, 6.07) is 8.14. The number of imide groups is 1. The lowest BCUT2D eigenvalue weighted by molar-refractivity contribution is -0.796. The van der Waals surface area contributed by atoms with Crippen molar-refractivity contribution in [3.8, 4) is 0 Å². The lowest BCUT2D eigenvalue weighted by Crippen LogP contribution is -2.64. The van der Waals surface area contributed by atoms with Gasteiger partial charge in [0.15, 0.2) is 0 Å². The van der Waals surface area contributed by atoms with Gasteiger partial charge in [-0.1, -0.05) is 30.3 Å². The Labute approximate surface area is 195 Å². The van der Waals surface area contributed by atoms with Crippen LogP contribution in [0.3, 0.4) is 0 Å². The van der Waals surface area contributed by atoms with Gasteiger partial charge in [-0.25, -0.2) is 4.79 Å². The molecule has 1 aromatic rings. The molecule has 0 saturated carbocycles. The number of hydrogen-bond donors (Lipinski definition) is 4. The van der Waals surface area contributed by atoms with Crippen molar-refractivity contribution >= 4 is 18.0 Å². The zero-order chi connectivity index (χ0) is 24.4. The van der Waals surface area contributed by atoms with Gasteiger partial charge in [0.2, 0.25) is 0 Å². The molecule has 6 N–H and O–H groups in total. The van der Waals surface area contributed by atoms with Crippen LogP contribution in [-0.2, 0) is 20.7 Å². The highest BCUT2D eigenvalue weighted by molar-refractivity contribution is 5.84. The Morgan fingerprint density at radius 3 is 2.48 bits per heavy atom. The van der Waals surface area contributed by atoms with E-state index in [0.29, 0.717) is 25.7 Å². The van der Waals surface area contributed by atoms with Crippen LogP contribution >= 0.6 is 0 Å². The van der Waals surface area contributed by atoms with Crippen molar-refractivity contribution in [1.82, 2.24) is 0 Å². The molecule has 2 unspecified atom stereocenters. The summed E-state index contributed by atoms with van der Waals surface area (Å²) in [5.74, 6) is -1.47. The zero-order valence-electron chi connectivity index (χ0n) is 19.4. The van der Waals surface area contributed by atoms with Gasteiger partial charge in [0, 0.05) is 25.8 Å². The Kier molecular flexibility index (Phi) is 10.4. The number of hydrogen-bond acceptors (Lipinski definition) is 7. The van der Waals surface area contributed by atoms with Crippen molar-refractivity contribution in [1.29, 1.82) is 0 Å². The van der Waals surface area contributed by atoms with E-state index in [1.165, 1.54) is 0 Å². The second kappa shape index (κ2) is 12.8. The van der Waals surface area contributed by atoms with Gasteiger partial charge in [-0.15, -0.1) is 0 Å². The molecule has 1 aromatic carbocycles. The molecule has 33 heavy (non-hydrogen) atoms. The summed E-state index contributed by atoms with van der Waals surface area (Å²) < 4.78 is 4.50. The Morgan fingerprint density at radius 2 is 1.88 bits per heavy atom. The lowest BCUT2D eigenvalue weighted by Gasteiger charge is -2.35. The van der Waals surface area contributed by atoms with Crippen molar-refractivity contribution in [3.63, 3.8) is 0 Å². The van der Waals surface area contributed by atoms with Crippen LogP contribution in [0.1, 0.15) is 51.0 Å². The lowest BCUT2D eigenvalue weighted by atomic mass is 9.91. The maximum Gasteiger partial charge on any atom is 0.521 e. The average molecular weight is 465 g/mol. The van der Waals surface area contributed by atoms with Crippen LogP contribution in [0.2, 0.25) is 0 Å². The van der Waals surface area contributed by atoms with Crippen molar-refractivity contribution < 1.29 is 33.8 Å². The van der Waals surface area contributed by atoms with Crippen molar-refractivity contribution in [2.24, 2.45) is 17.4 Å². The molecule has 0 aromatic heterocycles. The number of quaternary nitrogens is 1. The number of aliphatic hydroxyl groups is 1. The average Bonchev–Trinajstić information content (AvgIpc) is 3.24. The quantitative estimate of drug-likeness (QED) is 0.270. The van der Waals surface area contributed by atoms with E-state index in [-0.39, 0.29) is 44.9 Å². The summed E-state index contributed by atoms with van der Waals surface area (Å²) in [6.45, 7) is 2.15. The summed E-state index contributed by atoms with van der Waals surface area (Å²) in [5, 5.41) is 19.8. The van der Waals surface area contributed by atoms with E-state index in [4.69, 9.17) is 16.2 Å². The van der Waals surface area contributed by atoms with Crippen LogP contribution in [-0.4, -0.2) is 70.5 Å². The molecule has 9 heteroatoms. The fourth-order valence-electron chi connectivity index (χ4n) is 4.73. The summed E-state index contributed by atoms with van der Waals surface area (Å²) in [5.41, 5.74) is 12.6. The van der Waals surface area contributed by atoms with Gasteiger partial charge in [-0.05, 0) is 38.2 Å². The molecule has 1 saturated heterocycles. The third kappa shape index (κ3) is 6.83. The third-order valence-electron chi connectivity index (χ3n) is 6.61. The molecule has 184 valence electrons. The van der Waals surface area contributed by atoms with Crippen molar-refractivity contribution in [2.75, 3.05) is 19.7 Å². The fourth-order valence-corrected chi connectivity index (χ4v) is 4.73. The number of esters is 1. The fraction of sp³-hybridized carbons (Fsp3) is 0.625. The third-order valence-corrected chi connectivity index (χ3v) is 6.61. The Hall–Kier alpha value is -2.33. The number of carboxylic acid groups (broad SMARTS) is 1. The van der Waals surface area contributed by atoms with E-state index < -0.39 is 40.6 Å². The minimum absolute atomic E-state index is 0.0467. The van der Waals surface area contributed by atoms with E-state index in [0.717, 1.165) is 5.56 Å². The maximum absolute atomic E-state index is 13.3. The predicted octanol–water partition coefficient (Wildman–Crippen LogP) is 1.80. The molecule has 1 aliphatic heterocycles. The highest BCUT2D eigenvalue weighted by atomic mass is 16.5. The number of carbonyl (C=O) groups is 3. The van der Waals surface area contributed by atoms with Crippen LogP contribution in [0, 0.1) is 5.92 Å². The van der Waals surface area contributed by atoms with Gasteiger partial charge in [0.05, 0.1) is 25.2 Å². The van der Waals surface area contributed by atoms with Gasteiger partial charge >= 0.3 is 18.0 Å². The molecule has 0 bridgehead atoms. The molecule has 9 nitrogen and oxygen atoms in total. The van der Waals surface area contributed by atoms with Gasteiger partial charge in [-0.2, -0.15) is 9.28 Å². The standard InChI is InChI=1S/C24H37N3O6/c1-2-33-23(30)18(11-10-17-7-4-3-5-8-17)15-19-9-6-14-27(19,24(31)32)22(29)21(26)13-12-20(28)16-25/h3-5,7-8,18-21,28H,2,6,9-16,25-26H2,1H3/p+1/t18-,19-,20?,21-,27?/m0/s1. The van der Waals surface area contributed by atoms with Crippen LogP contribution in [0.5, 0.6) is 0 Å². The highest BCUT2D eigenvalue weighted by Crippen LogP contribution is 2.35. The van der Waals surface area contributed by atoms with Crippen molar-refractivity contribution in [3.05, 3.63) is 35.9 Å². The summed E-state index contributed by atoms with van der Waals surface area (Å²) in [4.78, 5) is 38.5. The largest absolute Gasteiger partial charge is 0.521 e. The molecule has 0 aliphatic carbocycles. The topological polar surface area (TPSA) is 153 Å². The monoisotopic (exact) mass is 464 g/mol. The number of aryl methyl sites for hydroxylation is 1. The van der Waals surface area contributed by atoms with Crippen LogP contribution in [0.25, 0.3) is 0 Å². The Morgan fingerprint density at radius 1 is 1.18 bits per heavy atom. The van der Waals surface area contributed by atoms with Gasteiger partial charge in [0.25, 0.3) is 0 Å². The molecule has 2 rings (SSSR count). The number of nitrogens with two attached hydrogens (primary N) is 2. The first-order valence-corrected chi connectivity index (χ1v) is 11.8. The second-order valence-corrected chi connectivity index (χ2v) is 8.79. The van der Waals surface area contributed by atoms with E-state index in [1.807, 2.05) is 30.3 Å². The summed E-state index contributed by atoms with van der Waals surface area (Å²) >= 11 is 0. The number of nitrogens with zero attached hydrogens (tertiary/aromatic N) is 1. The van der Waals surface area contributed by atoms with Gasteiger partial charge in [0.1, 0.15) is 12.1 Å². The molecule has 1 fully saturated rings. The summed E-state index contributed by atoms with van der Waals surface area (Å²) in [6.07, 6.45) is 0.777. The first-order chi connectivity index (χ1) is 15.8. The number of amides is 2. The van der Waals surface area contributed by atoms with Gasteiger partial charge < -0.3 is 26.4 Å². The number of likely N-dealkylation sites (tertiary alicyclic amines) is 1. The molecule has 1 aliphatic rings. The first kappa shape index (κ1) is 26.9. The van der Waals surface area contributed by atoms with Crippen LogP contribution in [0.4, 0.5) is 4.79 Å². The molecular formula is C24H38N3O6+. The molecule has 1 heterocycles. The molecule has 5 atom stereocenters. The molecule has 0 radical (unpaired) electrons. The Balaban J connectivity index is 2.20. The zero-order valence-corrected chi connectivity index (χ0v) is 19.4. The van der Waals surface area contributed by atoms with E-state index in [1.54, 1.807) is 6.92 Å². The molecule has 2 amide bonds. The van der Waals surface area contributed by atoms with Crippen LogP contribution < -0.4 is 11.5 Å². The minimum atomic E-state index is -1.25. The van der Waals surface area contributed by atoms with E-state index in [2.05, 4.69) is 0 Å². The maximum atomic E-state index is 13.3. The molecule has 0 spiro atoms. The minimum Gasteiger partial charge on any atom is -0.466 e. The van der Waals surface area contributed by atoms with E-state index >= 15 is 0 Å². The SMILES string of the molecule is CCOC(=O)[C@@H](CCc1ccccc1)C[C@@H]1CCC[N+]1(C(=O)O)C(=O)[C@@H](N)CCC(O)CN. The van der Waals surface area contributed by atoms with Gasteiger partial charge in [-0.3, -0.25) is 4.79 Å². The van der Waals surface area contributed by atoms with Crippen LogP contribution in [0.15, 0.2) is 30.3 Å². The number of ether oxygens (including phenoxy) is 1. The summed E-state index contributed by atoms with van der Waals surface area (Å²) in [7, 11) is 0. The van der Waals surface area contributed by atoms with Crippen molar-refractivity contribution in [2.45, 2.75) is 70.1 Å². The normalized spacial score (nSPS) is 23.0. The first-order valence-electron chi connectivity index (χ1n) is 11.8.